The number of halogens is 1. The summed E-state index contributed by atoms with van der Waals surface area (Å²) in [6.07, 6.45) is 5.34. The second-order valence-electron chi connectivity index (χ2n) is 3.63. The second-order valence-corrected chi connectivity index (χ2v) is 5.63. The number of rotatable bonds is 4. The third-order valence-electron chi connectivity index (χ3n) is 2.85. The van der Waals surface area contributed by atoms with Crippen molar-refractivity contribution >= 4 is 9.52 Å². The van der Waals surface area contributed by atoms with Crippen LogP contribution >= 0.6 is 0 Å². The molecule has 1 aliphatic rings. The smallest absolute Gasteiger partial charge is 0.0895 e. The highest BCUT2D eigenvalue weighted by Crippen LogP contribution is 2.28. The van der Waals surface area contributed by atoms with Crippen molar-refractivity contribution in [2.24, 2.45) is 0 Å². The van der Waals surface area contributed by atoms with Crippen molar-refractivity contribution in [1.29, 1.82) is 0 Å². The molecule has 0 bridgehead atoms. The average Bonchev–Trinajstić information content (AvgIpc) is 2.16. The topological polar surface area (TPSA) is 9.23 Å². The van der Waals surface area contributed by atoms with Crippen molar-refractivity contribution in [3.63, 3.8) is 0 Å². The van der Waals surface area contributed by atoms with Crippen molar-refractivity contribution in [3.8, 4) is 0 Å². The molecular formula is C9H19FOSi. The highest BCUT2D eigenvalue weighted by molar-refractivity contribution is 6.37. The molecule has 3 heteroatoms. The predicted molar refractivity (Wildman–Crippen MR) is 52.2 cm³/mol. The van der Waals surface area contributed by atoms with E-state index in [2.05, 4.69) is 6.55 Å². The highest BCUT2D eigenvalue weighted by atomic mass is 28.2. The molecule has 0 aromatic heterocycles. The molecule has 1 aliphatic heterocycles. The van der Waals surface area contributed by atoms with E-state index in [0.29, 0.717) is 6.42 Å². The lowest BCUT2D eigenvalue weighted by Crippen LogP contribution is -2.41. The van der Waals surface area contributed by atoms with Gasteiger partial charge in [-0.15, -0.1) is 0 Å². The Balaban J connectivity index is 2.37. The van der Waals surface area contributed by atoms with E-state index >= 15 is 0 Å². The molecule has 1 saturated heterocycles. The van der Waals surface area contributed by atoms with Crippen LogP contribution in [-0.4, -0.2) is 28.0 Å². The summed E-state index contributed by atoms with van der Waals surface area (Å²) < 4.78 is 17.8. The SMILES string of the molecule is C[SiH2]C1(CCCF)CCCCO1. The van der Waals surface area contributed by atoms with Gasteiger partial charge in [0.05, 0.1) is 21.4 Å². The molecule has 0 spiro atoms. The minimum atomic E-state index is -0.181. The van der Waals surface area contributed by atoms with Crippen molar-refractivity contribution < 1.29 is 9.13 Å². The van der Waals surface area contributed by atoms with Crippen LogP contribution in [0.3, 0.4) is 0 Å². The molecule has 0 amide bonds. The van der Waals surface area contributed by atoms with Gasteiger partial charge in [0.2, 0.25) is 0 Å². The summed E-state index contributed by atoms with van der Waals surface area (Å²) in [6, 6.07) is 0. The van der Waals surface area contributed by atoms with Crippen LogP contribution in [0.15, 0.2) is 0 Å². The third kappa shape index (κ3) is 2.56. The first-order valence-electron chi connectivity index (χ1n) is 5.03. The zero-order valence-corrected chi connectivity index (χ0v) is 9.36. The molecule has 1 heterocycles. The summed E-state index contributed by atoms with van der Waals surface area (Å²) in [5.74, 6) is 0. The Kier molecular flexibility index (Phi) is 4.22. The summed E-state index contributed by atoms with van der Waals surface area (Å²) in [6.45, 7) is 3.01. The molecule has 1 unspecified atom stereocenters. The first-order chi connectivity index (χ1) is 5.83. The van der Waals surface area contributed by atoms with Crippen LogP contribution in [0.2, 0.25) is 6.55 Å². The first-order valence-corrected chi connectivity index (χ1v) is 7.15. The molecule has 0 aromatic rings. The first kappa shape index (κ1) is 10.2. The van der Waals surface area contributed by atoms with Gasteiger partial charge in [-0.3, -0.25) is 4.39 Å². The van der Waals surface area contributed by atoms with Crippen molar-refractivity contribution in [2.75, 3.05) is 13.3 Å². The molecule has 1 nitrogen and oxygen atoms in total. The largest absolute Gasteiger partial charge is 0.379 e. The zero-order valence-electron chi connectivity index (χ0n) is 7.94. The summed E-state index contributed by atoms with van der Waals surface area (Å²) >= 11 is 0. The zero-order chi connectivity index (χ0) is 8.86. The van der Waals surface area contributed by atoms with E-state index in [9.17, 15) is 4.39 Å². The van der Waals surface area contributed by atoms with Gasteiger partial charge in [0.25, 0.3) is 0 Å². The number of alkyl halides is 1. The van der Waals surface area contributed by atoms with Crippen molar-refractivity contribution in [2.45, 2.75) is 43.9 Å². The quantitative estimate of drug-likeness (QED) is 0.615. The Morgan fingerprint density at radius 1 is 1.50 bits per heavy atom. The molecule has 0 N–H and O–H groups in total. The maximum atomic E-state index is 12.0. The molecular weight excluding hydrogens is 171 g/mol. The van der Waals surface area contributed by atoms with Crippen LogP contribution in [-0.2, 0) is 4.74 Å². The summed E-state index contributed by atoms with van der Waals surface area (Å²) in [5, 5.41) is 0.171. The fourth-order valence-corrected chi connectivity index (χ4v) is 3.51. The Bertz CT molecular complexity index is 124. The molecule has 72 valence electrons. The molecule has 12 heavy (non-hydrogen) atoms. The molecule has 0 aromatic carbocycles. The van der Waals surface area contributed by atoms with Crippen LogP contribution in [0.5, 0.6) is 0 Å². The maximum absolute atomic E-state index is 12.0. The van der Waals surface area contributed by atoms with Crippen LogP contribution in [0.1, 0.15) is 32.1 Å². The molecule has 1 rings (SSSR count). The molecule has 0 radical (unpaired) electrons. The van der Waals surface area contributed by atoms with Gasteiger partial charge in [0.1, 0.15) is 0 Å². The van der Waals surface area contributed by atoms with E-state index in [1.54, 1.807) is 0 Å². The van der Waals surface area contributed by atoms with E-state index in [4.69, 9.17) is 4.74 Å². The summed E-state index contributed by atoms with van der Waals surface area (Å²) in [4.78, 5) is 0. The van der Waals surface area contributed by atoms with Crippen LogP contribution in [0.25, 0.3) is 0 Å². The van der Waals surface area contributed by atoms with Crippen LogP contribution < -0.4 is 0 Å². The fraction of sp³-hybridized carbons (Fsp3) is 1.00. The Morgan fingerprint density at radius 2 is 2.33 bits per heavy atom. The van der Waals surface area contributed by atoms with Gasteiger partial charge in [-0.05, 0) is 32.1 Å². The van der Waals surface area contributed by atoms with Crippen LogP contribution in [0, 0.1) is 0 Å². The Morgan fingerprint density at radius 3 is 2.83 bits per heavy atom. The van der Waals surface area contributed by atoms with E-state index in [1.807, 2.05) is 0 Å². The molecule has 0 aliphatic carbocycles. The monoisotopic (exact) mass is 190 g/mol. The summed E-state index contributed by atoms with van der Waals surface area (Å²) in [7, 11) is -0.148. The van der Waals surface area contributed by atoms with Gasteiger partial charge in [-0.25, -0.2) is 0 Å². The molecule has 1 fully saturated rings. The van der Waals surface area contributed by atoms with E-state index < -0.39 is 0 Å². The van der Waals surface area contributed by atoms with Gasteiger partial charge in [-0.2, -0.15) is 0 Å². The van der Waals surface area contributed by atoms with Crippen molar-refractivity contribution in [3.05, 3.63) is 0 Å². The fourth-order valence-electron chi connectivity index (χ4n) is 1.95. The number of hydrogen-bond donors (Lipinski definition) is 0. The second kappa shape index (κ2) is 4.97. The Labute approximate surface area is 76.5 Å². The minimum absolute atomic E-state index is 0.148. The maximum Gasteiger partial charge on any atom is 0.0895 e. The highest BCUT2D eigenvalue weighted by Gasteiger charge is 2.30. The van der Waals surface area contributed by atoms with Crippen molar-refractivity contribution in [1.82, 2.24) is 0 Å². The van der Waals surface area contributed by atoms with E-state index in [-0.39, 0.29) is 21.4 Å². The van der Waals surface area contributed by atoms with E-state index in [1.165, 1.54) is 19.3 Å². The number of hydrogen-bond acceptors (Lipinski definition) is 1. The minimum Gasteiger partial charge on any atom is -0.379 e. The van der Waals surface area contributed by atoms with E-state index in [0.717, 1.165) is 13.0 Å². The van der Waals surface area contributed by atoms with Gasteiger partial charge in [0.15, 0.2) is 0 Å². The normalized spacial score (nSPS) is 31.5. The van der Waals surface area contributed by atoms with Gasteiger partial charge >= 0.3 is 0 Å². The lowest BCUT2D eigenvalue weighted by molar-refractivity contribution is -0.0268. The Hall–Kier alpha value is 0.107. The average molecular weight is 190 g/mol. The van der Waals surface area contributed by atoms with Gasteiger partial charge in [0, 0.05) is 6.61 Å². The van der Waals surface area contributed by atoms with Gasteiger partial charge in [-0.1, -0.05) is 6.55 Å². The van der Waals surface area contributed by atoms with Gasteiger partial charge < -0.3 is 4.74 Å². The lowest BCUT2D eigenvalue weighted by Gasteiger charge is -2.36. The third-order valence-corrected chi connectivity index (χ3v) is 5.05. The standard InChI is InChI=1S/C9H19FOSi/c1-12-9(6-4-7-10)5-2-3-8-11-9/h2-8,12H2,1H3. The number of ether oxygens (including phenoxy) is 1. The molecule has 0 saturated carbocycles. The lowest BCUT2D eigenvalue weighted by atomic mass is 10.0. The molecule has 1 atom stereocenters. The van der Waals surface area contributed by atoms with Crippen LogP contribution in [0.4, 0.5) is 4.39 Å². The predicted octanol–water partition coefficient (Wildman–Crippen LogP) is 1.85. The summed E-state index contributed by atoms with van der Waals surface area (Å²) in [5.41, 5.74) is 0.